The summed E-state index contributed by atoms with van der Waals surface area (Å²) in [5.41, 5.74) is 1.68. The van der Waals surface area contributed by atoms with Gasteiger partial charge in [0.2, 0.25) is 24.4 Å². The predicted octanol–water partition coefficient (Wildman–Crippen LogP) is 5.58. The van der Waals surface area contributed by atoms with Gasteiger partial charge >= 0.3 is 0 Å². The first kappa shape index (κ1) is 25.9. The standard InChI is InChI=1S/C27H24FIN2O7/c1-34-19-6-2-16(3-7-19)26-20(27(33)30-17-4-9-22(35-14-29)24(12-17)38-28)8-11-25(32)31(26)18-5-10-21-23(13-18)37-15-36-21/h2-7,9-10,12-13,20,26H,8,11,14-15H2,1H3,(H,30,33). The lowest BCUT2D eigenvalue weighted by atomic mass is 9.83. The zero-order chi connectivity index (χ0) is 26.6. The number of nitrogens with zero attached hydrogens (tertiary/aromatic N) is 1. The molecule has 2 unspecified atom stereocenters. The highest BCUT2D eigenvalue weighted by Gasteiger charge is 2.42. The number of hydrogen-bond acceptors (Lipinski definition) is 7. The number of anilines is 2. The number of methoxy groups -OCH3 is 1. The van der Waals surface area contributed by atoms with Crippen LogP contribution in [-0.4, -0.2) is 30.3 Å². The quantitative estimate of drug-likeness (QED) is 0.256. The summed E-state index contributed by atoms with van der Waals surface area (Å²) in [6.45, 7) is 0.103. The molecule has 5 rings (SSSR count). The molecule has 2 amide bonds. The van der Waals surface area contributed by atoms with Crippen LogP contribution < -0.4 is 34.1 Å². The van der Waals surface area contributed by atoms with Gasteiger partial charge in [0.1, 0.15) is 10.4 Å². The van der Waals surface area contributed by atoms with Crippen LogP contribution >= 0.6 is 22.6 Å². The van der Waals surface area contributed by atoms with Crippen LogP contribution in [0.25, 0.3) is 0 Å². The number of piperidine rings is 1. The number of ether oxygens (including phenoxy) is 4. The summed E-state index contributed by atoms with van der Waals surface area (Å²) in [5, 5.41) is 2.86. The van der Waals surface area contributed by atoms with Crippen LogP contribution in [0.15, 0.2) is 60.7 Å². The van der Waals surface area contributed by atoms with Crippen LogP contribution in [-0.2, 0) is 9.59 Å². The van der Waals surface area contributed by atoms with E-state index in [0.29, 0.717) is 39.7 Å². The lowest BCUT2D eigenvalue weighted by Crippen LogP contribution is -2.47. The summed E-state index contributed by atoms with van der Waals surface area (Å²) in [5.74, 6) is 0.779. The summed E-state index contributed by atoms with van der Waals surface area (Å²) < 4.78 is 35.0. The van der Waals surface area contributed by atoms with Crippen molar-refractivity contribution in [2.45, 2.75) is 18.9 Å². The van der Waals surface area contributed by atoms with Gasteiger partial charge in [0.15, 0.2) is 17.2 Å². The molecule has 0 saturated carbocycles. The van der Waals surface area contributed by atoms with E-state index < -0.39 is 12.0 Å². The van der Waals surface area contributed by atoms with Gasteiger partial charge in [-0.25, -0.2) is 0 Å². The number of hydrogen-bond donors (Lipinski definition) is 1. The molecule has 2 aliphatic rings. The van der Waals surface area contributed by atoms with Gasteiger partial charge in [0, 0.05) is 34.5 Å². The number of carbonyl (C=O) groups excluding carboxylic acids is 2. The minimum Gasteiger partial charge on any atom is -0.497 e. The Hall–Kier alpha value is -3.74. The van der Waals surface area contributed by atoms with Crippen LogP contribution in [0.3, 0.4) is 0 Å². The van der Waals surface area contributed by atoms with E-state index in [1.165, 1.54) is 12.1 Å². The second kappa shape index (κ2) is 11.3. The molecule has 0 bridgehead atoms. The molecule has 38 heavy (non-hydrogen) atoms. The largest absolute Gasteiger partial charge is 0.497 e. The van der Waals surface area contributed by atoms with Crippen molar-refractivity contribution in [2.75, 3.05) is 28.7 Å². The van der Waals surface area contributed by atoms with Crippen molar-refractivity contribution in [3.05, 3.63) is 66.2 Å². The SMILES string of the molecule is COc1ccc(C2C(C(=O)Nc3ccc(OCI)c(OF)c3)CCC(=O)N2c2ccc3c(c2)OCO3)cc1. The maximum Gasteiger partial charge on any atom is 0.231 e. The van der Waals surface area contributed by atoms with Gasteiger partial charge in [-0.2, -0.15) is 0 Å². The van der Waals surface area contributed by atoms with E-state index in [0.717, 1.165) is 5.56 Å². The summed E-state index contributed by atoms with van der Waals surface area (Å²) in [6, 6.07) is 16.4. The molecule has 0 aliphatic carbocycles. The van der Waals surface area contributed by atoms with Gasteiger partial charge in [0.05, 0.1) is 19.1 Å². The Bertz CT molecular complexity index is 1340. The lowest BCUT2D eigenvalue weighted by molar-refractivity contribution is -0.125. The maximum atomic E-state index is 13.7. The summed E-state index contributed by atoms with van der Waals surface area (Å²) in [7, 11) is 1.57. The normalized spacial score (nSPS) is 18.2. The molecule has 3 aromatic rings. The third-order valence-corrected chi connectivity index (χ3v) is 6.84. The number of rotatable bonds is 8. The molecule has 11 heteroatoms. The van der Waals surface area contributed by atoms with Crippen molar-refractivity contribution in [1.82, 2.24) is 0 Å². The number of nitrogens with one attached hydrogen (secondary N) is 1. The Morgan fingerprint density at radius 2 is 1.87 bits per heavy atom. The lowest BCUT2D eigenvalue weighted by Gasteiger charge is -2.41. The Kier molecular flexibility index (Phi) is 7.72. The molecular weight excluding hydrogens is 610 g/mol. The first-order chi connectivity index (χ1) is 18.5. The Balaban J connectivity index is 1.50. The summed E-state index contributed by atoms with van der Waals surface area (Å²) in [4.78, 5) is 32.6. The van der Waals surface area contributed by atoms with Crippen molar-refractivity contribution in [1.29, 1.82) is 0 Å². The molecular formula is C27H24FIN2O7. The Morgan fingerprint density at radius 1 is 1.08 bits per heavy atom. The zero-order valence-electron chi connectivity index (χ0n) is 20.3. The maximum absolute atomic E-state index is 13.7. The van der Waals surface area contributed by atoms with Gasteiger partial charge in [-0.15, -0.1) is 0 Å². The van der Waals surface area contributed by atoms with Crippen LogP contribution in [0.5, 0.6) is 28.7 Å². The van der Waals surface area contributed by atoms with Gasteiger partial charge in [-0.1, -0.05) is 12.1 Å². The molecule has 2 aliphatic heterocycles. The van der Waals surface area contributed by atoms with E-state index in [1.807, 2.05) is 34.7 Å². The molecule has 1 N–H and O–H groups in total. The fourth-order valence-electron chi connectivity index (χ4n) is 4.75. The third-order valence-electron chi connectivity index (χ3n) is 6.53. The number of alkyl halides is 1. The van der Waals surface area contributed by atoms with Gasteiger partial charge in [0.25, 0.3) is 0 Å². The second-order valence-electron chi connectivity index (χ2n) is 8.65. The van der Waals surface area contributed by atoms with E-state index in [4.69, 9.17) is 18.9 Å². The minimum absolute atomic E-state index is 0.103. The zero-order valence-corrected chi connectivity index (χ0v) is 22.5. The van der Waals surface area contributed by atoms with E-state index >= 15 is 0 Å². The number of amides is 2. The van der Waals surface area contributed by atoms with Crippen LogP contribution in [0.1, 0.15) is 24.4 Å². The average Bonchev–Trinajstić information content (AvgIpc) is 3.42. The second-order valence-corrected chi connectivity index (χ2v) is 9.27. The molecule has 0 aromatic heterocycles. The molecule has 1 fully saturated rings. The minimum atomic E-state index is -0.624. The number of carbonyl (C=O) groups is 2. The predicted molar refractivity (Wildman–Crippen MR) is 145 cm³/mol. The van der Waals surface area contributed by atoms with Gasteiger partial charge < -0.3 is 29.2 Å². The molecule has 9 nitrogen and oxygen atoms in total. The van der Waals surface area contributed by atoms with E-state index in [2.05, 4.69) is 10.3 Å². The van der Waals surface area contributed by atoms with Crippen molar-refractivity contribution >= 4 is 45.8 Å². The van der Waals surface area contributed by atoms with Crippen molar-refractivity contribution in [3.8, 4) is 28.7 Å². The Morgan fingerprint density at radius 3 is 2.61 bits per heavy atom. The van der Waals surface area contributed by atoms with Crippen molar-refractivity contribution < 1.29 is 38.0 Å². The highest BCUT2D eigenvalue weighted by Crippen LogP contribution is 2.44. The highest BCUT2D eigenvalue weighted by molar-refractivity contribution is 14.1. The molecule has 3 aromatic carbocycles. The van der Waals surface area contributed by atoms with E-state index in [1.54, 1.807) is 48.4 Å². The van der Waals surface area contributed by atoms with E-state index in [-0.39, 0.29) is 36.5 Å². The molecule has 2 atom stereocenters. The average molecular weight is 634 g/mol. The fourth-order valence-corrected chi connectivity index (χ4v) is 5.08. The van der Waals surface area contributed by atoms with Crippen molar-refractivity contribution in [3.63, 3.8) is 0 Å². The third kappa shape index (κ3) is 5.15. The number of halogens is 2. The fraction of sp³-hybridized carbons (Fsp3) is 0.259. The number of benzene rings is 3. The first-order valence-electron chi connectivity index (χ1n) is 11.8. The van der Waals surface area contributed by atoms with E-state index in [9.17, 15) is 14.1 Å². The number of fused-ring (bicyclic) bond motifs is 1. The van der Waals surface area contributed by atoms with Crippen LogP contribution in [0.2, 0.25) is 0 Å². The molecule has 0 spiro atoms. The molecule has 1 saturated heterocycles. The Labute approximate surface area is 231 Å². The topological polar surface area (TPSA) is 95.6 Å². The monoisotopic (exact) mass is 634 g/mol. The van der Waals surface area contributed by atoms with Gasteiger partial charge in [-0.3, -0.25) is 14.5 Å². The van der Waals surface area contributed by atoms with Crippen LogP contribution in [0, 0.1) is 5.92 Å². The van der Waals surface area contributed by atoms with Crippen molar-refractivity contribution in [2.24, 2.45) is 5.92 Å². The van der Waals surface area contributed by atoms with Gasteiger partial charge in [-0.05, 0) is 71.0 Å². The summed E-state index contributed by atoms with van der Waals surface area (Å²) >= 11 is 1.99. The molecule has 2 heterocycles. The highest BCUT2D eigenvalue weighted by atomic mass is 127. The smallest absolute Gasteiger partial charge is 0.231 e. The van der Waals surface area contributed by atoms with Crippen LogP contribution in [0.4, 0.5) is 15.9 Å². The molecule has 198 valence electrons. The summed E-state index contributed by atoms with van der Waals surface area (Å²) in [6.07, 6.45) is 0.491. The molecule has 0 radical (unpaired) electrons. The first-order valence-corrected chi connectivity index (χ1v) is 13.3.